The summed E-state index contributed by atoms with van der Waals surface area (Å²) in [6.45, 7) is 9.14. The van der Waals surface area contributed by atoms with Crippen molar-refractivity contribution in [2.45, 2.75) is 98.7 Å². The molecule has 1 saturated carbocycles. The minimum absolute atomic E-state index is 0. The molecule has 3 aromatic heterocycles. The second-order valence-electron chi connectivity index (χ2n) is 15.9. The number of rotatable bonds is 6. The van der Waals surface area contributed by atoms with Gasteiger partial charge in [0.15, 0.2) is 11.4 Å². The fourth-order valence-corrected chi connectivity index (χ4v) is 7.47. The zero-order valence-electron chi connectivity index (χ0n) is 39.5. The van der Waals surface area contributed by atoms with E-state index in [1.807, 2.05) is 12.1 Å². The molecule has 56 heavy (non-hydrogen) atoms. The third kappa shape index (κ3) is 8.72. The van der Waals surface area contributed by atoms with E-state index in [9.17, 15) is 10.2 Å². The van der Waals surface area contributed by atoms with Crippen LogP contribution in [0.3, 0.4) is 0 Å². The topological polar surface area (TPSA) is 38.9 Å². The minimum Gasteiger partial charge on any atom is -0.498 e. The molecule has 1 radical (unpaired) electrons. The largest absolute Gasteiger partial charge is 0.498 e. The van der Waals surface area contributed by atoms with E-state index >= 15 is 0 Å². The Bertz CT molecular complexity index is 2650. The van der Waals surface area contributed by atoms with Gasteiger partial charge in [-0.2, -0.15) is 0 Å². The molecular formula is C50H50F2IrN2O-2. The molecule has 0 saturated heterocycles. The Morgan fingerprint density at radius 1 is 0.804 bits per heavy atom. The number of aryl methyl sites for hydroxylation is 2. The average molecular weight is 932 g/mol. The van der Waals surface area contributed by atoms with Crippen LogP contribution in [-0.2, 0) is 20.1 Å². The smallest absolute Gasteiger partial charge is 0.168 e. The van der Waals surface area contributed by atoms with Crippen molar-refractivity contribution in [2.75, 3.05) is 0 Å². The summed E-state index contributed by atoms with van der Waals surface area (Å²) >= 11 is 0. The van der Waals surface area contributed by atoms with Gasteiger partial charge in [-0.25, -0.2) is 8.78 Å². The van der Waals surface area contributed by atoms with Crippen LogP contribution in [0.15, 0.2) is 95.7 Å². The van der Waals surface area contributed by atoms with Crippen molar-refractivity contribution in [2.24, 2.45) is 5.41 Å². The predicted octanol–water partition coefficient (Wildman–Crippen LogP) is 14.5. The van der Waals surface area contributed by atoms with Crippen molar-refractivity contribution < 1.29 is 42.9 Å². The van der Waals surface area contributed by atoms with Crippen molar-refractivity contribution in [3.63, 3.8) is 0 Å². The van der Waals surface area contributed by atoms with E-state index < -0.39 is 31.2 Å². The molecule has 1 fully saturated rings. The van der Waals surface area contributed by atoms with Crippen molar-refractivity contribution in [1.29, 1.82) is 0 Å². The SMILES string of the molecule is [2H]C([2H])([2H])c1c[c-]c(-c2ccc(C([2H])([2H])[2H])cn2)cc1.[2H]C1(c2cc(C(C)C)c(-c3ccnc(-c4[c-]ccc5c4oc4c(F)cc(F)cc45)c3)c(C(C)C)c2)CCC(C)(C)CC1.[Ir]. The van der Waals surface area contributed by atoms with Gasteiger partial charge in [-0.1, -0.05) is 89.7 Å². The molecule has 0 bridgehead atoms. The molecule has 6 heteroatoms. The first-order valence-corrected chi connectivity index (χ1v) is 18.9. The molecule has 3 heterocycles. The molecule has 0 unspecified atom stereocenters. The Hall–Kier alpha value is -4.51. The predicted molar refractivity (Wildman–Crippen MR) is 222 cm³/mol. The molecule has 4 aromatic carbocycles. The van der Waals surface area contributed by atoms with Crippen molar-refractivity contribution in [3.05, 3.63) is 143 Å². The zero-order chi connectivity index (χ0) is 44.9. The maximum Gasteiger partial charge on any atom is 0.168 e. The van der Waals surface area contributed by atoms with Gasteiger partial charge in [-0.05, 0) is 113 Å². The van der Waals surface area contributed by atoms with E-state index in [1.54, 1.807) is 30.5 Å². The summed E-state index contributed by atoms with van der Waals surface area (Å²) in [5.41, 5.74) is 9.34. The number of furan rings is 1. The van der Waals surface area contributed by atoms with Crippen LogP contribution in [0.25, 0.3) is 55.6 Å². The number of nitrogens with zero attached hydrogens (tertiary/aromatic N) is 2. The summed E-state index contributed by atoms with van der Waals surface area (Å²) in [6.07, 6.45) is 6.94. The Labute approximate surface area is 354 Å². The van der Waals surface area contributed by atoms with E-state index in [2.05, 4.69) is 75.8 Å². The molecule has 0 aliphatic heterocycles. The molecule has 0 N–H and O–H groups in total. The van der Waals surface area contributed by atoms with Crippen LogP contribution in [0.5, 0.6) is 0 Å². The Kier molecular flexibility index (Phi) is 9.84. The van der Waals surface area contributed by atoms with Crippen LogP contribution < -0.4 is 0 Å². The molecule has 1 aliphatic rings. The molecule has 0 spiro atoms. The molecule has 291 valence electrons. The van der Waals surface area contributed by atoms with E-state index in [0.717, 1.165) is 42.9 Å². The normalized spacial score (nSPS) is 17.1. The first-order valence-electron chi connectivity index (χ1n) is 22.4. The monoisotopic (exact) mass is 932 g/mol. The number of hydrogen-bond acceptors (Lipinski definition) is 3. The molecule has 1 aliphatic carbocycles. The van der Waals surface area contributed by atoms with Crippen molar-refractivity contribution >= 4 is 21.9 Å². The van der Waals surface area contributed by atoms with E-state index in [0.29, 0.717) is 44.3 Å². The van der Waals surface area contributed by atoms with Crippen LogP contribution in [0, 0.1) is 42.9 Å². The summed E-state index contributed by atoms with van der Waals surface area (Å²) in [5, 5.41) is 1.01. The Morgan fingerprint density at radius 3 is 2.14 bits per heavy atom. The van der Waals surface area contributed by atoms with Gasteiger partial charge in [0.2, 0.25) is 0 Å². The second-order valence-corrected chi connectivity index (χ2v) is 15.9. The van der Waals surface area contributed by atoms with Crippen LogP contribution in [0.2, 0.25) is 0 Å². The molecular weight excluding hydrogens is 875 g/mol. The van der Waals surface area contributed by atoms with E-state index in [1.165, 1.54) is 47.2 Å². The molecule has 7 aromatic rings. The molecule has 8 rings (SSSR count). The van der Waals surface area contributed by atoms with Gasteiger partial charge in [0.1, 0.15) is 5.82 Å². The summed E-state index contributed by atoms with van der Waals surface area (Å²) < 4.78 is 87.8. The van der Waals surface area contributed by atoms with Gasteiger partial charge < -0.3 is 14.4 Å². The fraction of sp³-hybridized carbons (Fsp3) is 0.320. The summed E-state index contributed by atoms with van der Waals surface area (Å²) in [4.78, 5) is 8.75. The maximum absolute atomic E-state index is 14.6. The minimum atomic E-state index is -2.18. The maximum atomic E-state index is 14.6. The number of fused-ring (bicyclic) bond motifs is 3. The van der Waals surface area contributed by atoms with Gasteiger partial charge in [0, 0.05) is 53.5 Å². The third-order valence-corrected chi connectivity index (χ3v) is 10.7. The molecule has 3 nitrogen and oxygen atoms in total. The van der Waals surface area contributed by atoms with Gasteiger partial charge in [0.25, 0.3) is 0 Å². The molecule has 0 atom stereocenters. The third-order valence-electron chi connectivity index (χ3n) is 10.7. The summed E-state index contributed by atoms with van der Waals surface area (Å²) in [5.74, 6) is -1.45. The van der Waals surface area contributed by atoms with E-state index in [4.69, 9.17) is 12.6 Å². The zero-order valence-corrected chi connectivity index (χ0v) is 34.9. The van der Waals surface area contributed by atoms with Crippen LogP contribution >= 0.6 is 0 Å². The summed E-state index contributed by atoms with van der Waals surface area (Å²) in [6, 6.07) is 28.0. The number of benzene rings is 4. The van der Waals surface area contributed by atoms with Crippen LogP contribution in [-0.4, -0.2) is 9.97 Å². The van der Waals surface area contributed by atoms with Gasteiger partial charge in [-0.3, -0.25) is 0 Å². The van der Waals surface area contributed by atoms with E-state index in [-0.39, 0.29) is 48.7 Å². The first-order chi connectivity index (χ1) is 29.0. The van der Waals surface area contributed by atoms with Gasteiger partial charge in [-0.15, -0.1) is 53.6 Å². The average Bonchev–Trinajstić information content (AvgIpc) is 3.60. The number of pyridine rings is 2. The molecule has 0 amide bonds. The number of halogens is 2. The number of hydrogen-bond donors (Lipinski definition) is 0. The van der Waals surface area contributed by atoms with Crippen molar-refractivity contribution in [3.8, 4) is 33.6 Å². The van der Waals surface area contributed by atoms with Gasteiger partial charge in [0.05, 0.1) is 5.58 Å². The first kappa shape index (κ1) is 32.6. The van der Waals surface area contributed by atoms with Crippen LogP contribution in [0.1, 0.15) is 122 Å². The quantitative estimate of drug-likeness (QED) is 0.156. The van der Waals surface area contributed by atoms with Gasteiger partial charge >= 0.3 is 0 Å². The fourth-order valence-electron chi connectivity index (χ4n) is 7.47. The summed E-state index contributed by atoms with van der Waals surface area (Å²) in [7, 11) is 0. The Morgan fingerprint density at radius 2 is 1.52 bits per heavy atom. The second kappa shape index (κ2) is 16.9. The van der Waals surface area contributed by atoms with Crippen LogP contribution in [0.4, 0.5) is 8.78 Å². The Balaban J connectivity index is 0.000000265. The number of aromatic nitrogens is 2. The standard InChI is InChI=1S/C37H38F2NO.C13H12N.Ir/c1-21(2)29-16-25(23-10-13-37(5,6)14-11-23)17-30(22(3)4)34(29)24-12-15-40-33(18-24)28-9-7-8-27-31-19-26(38)20-32(39)36(31)41-35(27)28;1-10-3-6-12(7-4-10)13-8-5-11(2)9-14-13;/h7-8,12,15-23H,10-11,13-14H2,1-6H3;3-6,8-9H,1-2H3;/q2*-1;/i23D;1D3,2D3;. The van der Waals surface area contributed by atoms with Crippen molar-refractivity contribution in [1.82, 2.24) is 9.97 Å².